The Morgan fingerprint density at radius 3 is 2.28 bits per heavy atom. The molecule has 2 amide bonds. The number of hydrogen-bond donors (Lipinski definition) is 3. The zero-order chi connectivity index (χ0) is 18.1. The van der Waals surface area contributed by atoms with Gasteiger partial charge in [-0.05, 0) is 48.5 Å². The van der Waals surface area contributed by atoms with E-state index in [2.05, 4.69) is 16.0 Å². The number of nitrogens with one attached hydrogen (secondary N) is 3. The van der Waals surface area contributed by atoms with E-state index in [0.29, 0.717) is 30.1 Å². The van der Waals surface area contributed by atoms with Crippen molar-refractivity contribution in [2.24, 2.45) is 0 Å². The van der Waals surface area contributed by atoms with Gasteiger partial charge in [0.05, 0.1) is 13.2 Å². The molecule has 0 saturated heterocycles. The quantitative estimate of drug-likeness (QED) is 0.641. The number of carbonyl (C=O) groups is 2. The van der Waals surface area contributed by atoms with Gasteiger partial charge in [0.2, 0.25) is 5.91 Å². The highest BCUT2D eigenvalue weighted by molar-refractivity contribution is 5.95. The molecule has 0 aliphatic carbocycles. The summed E-state index contributed by atoms with van der Waals surface area (Å²) < 4.78 is 17.7. The molecule has 0 unspecified atom stereocenters. The molecular weight excluding hydrogens is 325 g/mol. The summed E-state index contributed by atoms with van der Waals surface area (Å²) in [6.45, 7) is 0.949. The largest absolute Gasteiger partial charge is 0.383 e. The Kier molecular flexibility index (Phi) is 6.91. The van der Waals surface area contributed by atoms with Crippen LogP contribution in [-0.2, 0) is 9.53 Å². The van der Waals surface area contributed by atoms with Crippen LogP contribution in [0.25, 0.3) is 0 Å². The molecule has 2 aromatic carbocycles. The molecule has 0 aromatic heterocycles. The van der Waals surface area contributed by atoms with Gasteiger partial charge in [0.25, 0.3) is 5.91 Å². The molecule has 6 nitrogen and oxygen atoms in total. The Balaban J connectivity index is 1.79. The first-order valence-corrected chi connectivity index (χ1v) is 7.75. The molecule has 0 saturated carbocycles. The van der Waals surface area contributed by atoms with Crippen molar-refractivity contribution in [3.63, 3.8) is 0 Å². The van der Waals surface area contributed by atoms with Crippen molar-refractivity contribution >= 4 is 23.2 Å². The average Bonchev–Trinajstić information content (AvgIpc) is 2.62. The fraction of sp³-hybridized carbons (Fsp3) is 0.222. The molecular formula is C18H20FN3O3. The second kappa shape index (κ2) is 9.39. The monoisotopic (exact) mass is 345 g/mol. The first kappa shape index (κ1) is 18.4. The van der Waals surface area contributed by atoms with E-state index in [-0.39, 0.29) is 24.2 Å². The van der Waals surface area contributed by atoms with Gasteiger partial charge in [-0.1, -0.05) is 0 Å². The van der Waals surface area contributed by atoms with Crippen LogP contribution in [-0.4, -0.2) is 38.6 Å². The SMILES string of the molecule is COCCNC(=O)c1ccc(NCC(=O)Nc2ccc(F)cc2)cc1. The molecule has 7 heteroatoms. The highest BCUT2D eigenvalue weighted by Gasteiger charge is 2.06. The van der Waals surface area contributed by atoms with Crippen LogP contribution in [0.4, 0.5) is 15.8 Å². The van der Waals surface area contributed by atoms with Gasteiger partial charge in [-0.3, -0.25) is 9.59 Å². The van der Waals surface area contributed by atoms with Crippen LogP contribution in [0.5, 0.6) is 0 Å². The fourth-order valence-corrected chi connectivity index (χ4v) is 2.03. The molecule has 0 bridgehead atoms. The summed E-state index contributed by atoms with van der Waals surface area (Å²) >= 11 is 0. The number of benzene rings is 2. The summed E-state index contributed by atoms with van der Waals surface area (Å²) in [5.41, 5.74) is 1.76. The third-order valence-electron chi connectivity index (χ3n) is 3.32. The number of hydrogen-bond acceptors (Lipinski definition) is 4. The maximum absolute atomic E-state index is 12.8. The van der Waals surface area contributed by atoms with Crippen LogP contribution >= 0.6 is 0 Å². The molecule has 0 spiro atoms. The van der Waals surface area contributed by atoms with E-state index >= 15 is 0 Å². The van der Waals surface area contributed by atoms with Crippen molar-refractivity contribution < 1.29 is 18.7 Å². The van der Waals surface area contributed by atoms with Gasteiger partial charge in [0.1, 0.15) is 5.82 Å². The lowest BCUT2D eigenvalue weighted by atomic mass is 10.2. The first-order valence-electron chi connectivity index (χ1n) is 7.75. The predicted octanol–water partition coefficient (Wildman–Crippen LogP) is 2.25. The van der Waals surface area contributed by atoms with Gasteiger partial charge in [0, 0.05) is 30.6 Å². The average molecular weight is 345 g/mol. The maximum Gasteiger partial charge on any atom is 0.251 e. The number of rotatable bonds is 8. The number of methoxy groups -OCH3 is 1. The van der Waals surface area contributed by atoms with Gasteiger partial charge in [0.15, 0.2) is 0 Å². The fourth-order valence-electron chi connectivity index (χ4n) is 2.03. The van der Waals surface area contributed by atoms with E-state index in [1.54, 1.807) is 31.4 Å². The van der Waals surface area contributed by atoms with Crippen LogP contribution in [0.15, 0.2) is 48.5 Å². The number of ether oxygens (including phenoxy) is 1. The highest BCUT2D eigenvalue weighted by Crippen LogP contribution is 2.10. The Morgan fingerprint density at radius 1 is 1.00 bits per heavy atom. The number of amides is 2. The van der Waals surface area contributed by atoms with Gasteiger partial charge in [-0.25, -0.2) is 4.39 Å². The normalized spacial score (nSPS) is 10.2. The minimum absolute atomic E-state index is 0.0523. The standard InChI is InChI=1S/C18H20FN3O3/c1-25-11-10-20-18(24)13-2-6-15(7-3-13)21-12-17(23)22-16-8-4-14(19)5-9-16/h2-9,21H,10-12H2,1H3,(H,20,24)(H,22,23). The number of halogens is 1. The second-order valence-electron chi connectivity index (χ2n) is 5.23. The molecule has 0 heterocycles. The van der Waals surface area contributed by atoms with Crippen molar-refractivity contribution in [3.05, 3.63) is 59.9 Å². The maximum atomic E-state index is 12.8. The second-order valence-corrected chi connectivity index (χ2v) is 5.23. The van der Waals surface area contributed by atoms with E-state index in [0.717, 1.165) is 0 Å². The predicted molar refractivity (Wildman–Crippen MR) is 94.2 cm³/mol. The van der Waals surface area contributed by atoms with E-state index < -0.39 is 0 Å². The summed E-state index contributed by atoms with van der Waals surface area (Å²) in [5, 5.41) is 8.34. The summed E-state index contributed by atoms with van der Waals surface area (Å²) in [7, 11) is 1.57. The Hall–Kier alpha value is -2.93. The lowest BCUT2D eigenvalue weighted by Gasteiger charge is -2.09. The van der Waals surface area contributed by atoms with Crippen molar-refractivity contribution in [3.8, 4) is 0 Å². The van der Waals surface area contributed by atoms with E-state index in [4.69, 9.17) is 4.74 Å². The molecule has 3 N–H and O–H groups in total. The molecule has 132 valence electrons. The van der Waals surface area contributed by atoms with Crippen LogP contribution in [0.3, 0.4) is 0 Å². The highest BCUT2D eigenvalue weighted by atomic mass is 19.1. The minimum atomic E-state index is -0.359. The molecule has 2 aromatic rings. The Morgan fingerprint density at radius 2 is 1.64 bits per heavy atom. The Bertz CT molecular complexity index is 703. The lowest BCUT2D eigenvalue weighted by molar-refractivity contribution is -0.114. The van der Waals surface area contributed by atoms with Crippen molar-refractivity contribution in [1.82, 2.24) is 5.32 Å². The van der Waals surface area contributed by atoms with Crippen LogP contribution in [0, 0.1) is 5.82 Å². The van der Waals surface area contributed by atoms with Crippen molar-refractivity contribution in [1.29, 1.82) is 0 Å². The van der Waals surface area contributed by atoms with Gasteiger partial charge < -0.3 is 20.7 Å². The van der Waals surface area contributed by atoms with Crippen molar-refractivity contribution in [2.45, 2.75) is 0 Å². The van der Waals surface area contributed by atoms with Crippen LogP contribution in [0.2, 0.25) is 0 Å². The smallest absolute Gasteiger partial charge is 0.251 e. The topological polar surface area (TPSA) is 79.5 Å². The van der Waals surface area contributed by atoms with E-state index in [1.165, 1.54) is 24.3 Å². The third kappa shape index (κ3) is 6.23. The molecule has 0 aliphatic heterocycles. The third-order valence-corrected chi connectivity index (χ3v) is 3.32. The molecule has 0 radical (unpaired) electrons. The van der Waals surface area contributed by atoms with Gasteiger partial charge in [-0.15, -0.1) is 0 Å². The van der Waals surface area contributed by atoms with Crippen LogP contribution in [0.1, 0.15) is 10.4 Å². The van der Waals surface area contributed by atoms with E-state index in [9.17, 15) is 14.0 Å². The summed E-state index contributed by atoms with van der Waals surface area (Å²) in [6, 6.07) is 12.3. The summed E-state index contributed by atoms with van der Waals surface area (Å²) in [4.78, 5) is 23.7. The lowest BCUT2D eigenvalue weighted by Crippen LogP contribution is -2.26. The van der Waals surface area contributed by atoms with E-state index in [1.807, 2.05) is 0 Å². The van der Waals surface area contributed by atoms with Crippen molar-refractivity contribution in [2.75, 3.05) is 37.4 Å². The Labute approximate surface area is 145 Å². The zero-order valence-electron chi connectivity index (χ0n) is 13.8. The summed E-state index contributed by atoms with van der Waals surface area (Å²) in [6.07, 6.45) is 0. The molecule has 0 aliphatic rings. The van der Waals surface area contributed by atoms with Crippen LogP contribution < -0.4 is 16.0 Å². The molecule has 0 atom stereocenters. The first-order chi connectivity index (χ1) is 12.1. The number of carbonyl (C=O) groups excluding carboxylic acids is 2. The molecule has 2 rings (SSSR count). The molecule has 0 fully saturated rings. The number of anilines is 2. The summed E-state index contributed by atoms with van der Waals surface area (Å²) in [5.74, 6) is -0.798. The zero-order valence-corrected chi connectivity index (χ0v) is 13.8. The van der Waals surface area contributed by atoms with Gasteiger partial charge >= 0.3 is 0 Å². The van der Waals surface area contributed by atoms with Gasteiger partial charge in [-0.2, -0.15) is 0 Å². The minimum Gasteiger partial charge on any atom is -0.383 e. The molecule has 25 heavy (non-hydrogen) atoms.